The van der Waals surface area contributed by atoms with Gasteiger partial charge in [-0.05, 0) is 35.9 Å². The maximum Gasteiger partial charge on any atom is 0.293 e. The Morgan fingerprint density at radius 2 is 1.97 bits per heavy atom. The number of aryl methyl sites for hydroxylation is 1. The van der Waals surface area contributed by atoms with Gasteiger partial charge in [-0.15, -0.1) is 0 Å². The molecule has 0 spiro atoms. The van der Waals surface area contributed by atoms with Crippen LogP contribution in [0.3, 0.4) is 0 Å². The van der Waals surface area contributed by atoms with Crippen LogP contribution in [-0.2, 0) is 11.8 Å². The minimum atomic E-state index is -0.353. The molecule has 1 aliphatic rings. The SMILES string of the molecule is Cn1c(=O)c(Nc2ccc(N3CCOCC3)c(F)c2)nc2ccc(-c3cn[nH]c3)cc21. The Balaban J connectivity index is 1.46. The van der Waals surface area contributed by atoms with E-state index in [1.54, 1.807) is 31.6 Å². The molecule has 2 aromatic heterocycles. The number of ether oxygens (including phenoxy) is 1. The lowest BCUT2D eigenvalue weighted by atomic mass is 10.1. The minimum Gasteiger partial charge on any atom is -0.378 e. The first-order valence-electron chi connectivity index (χ1n) is 9.99. The molecule has 3 heterocycles. The second-order valence-electron chi connectivity index (χ2n) is 7.41. The summed E-state index contributed by atoms with van der Waals surface area (Å²) in [5.41, 5.74) is 3.90. The van der Waals surface area contributed by atoms with Gasteiger partial charge in [-0.3, -0.25) is 9.89 Å². The van der Waals surface area contributed by atoms with Gasteiger partial charge in [-0.1, -0.05) is 6.07 Å². The van der Waals surface area contributed by atoms with Crippen LogP contribution in [0.15, 0.2) is 53.6 Å². The van der Waals surface area contributed by atoms with E-state index in [0.717, 1.165) is 11.1 Å². The highest BCUT2D eigenvalue weighted by atomic mass is 19.1. The van der Waals surface area contributed by atoms with Crippen molar-refractivity contribution in [2.75, 3.05) is 36.5 Å². The third-order valence-electron chi connectivity index (χ3n) is 5.47. The van der Waals surface area contributed by atoms with Crippen LogP contribution in [0.25, 0.3) is 22.2 Å². The van der Waals surface area contributed by atoms with Crippen LogP contribution >= 0.6 is 0 Å². The predicted molar refractivity (Wildman–Crippen MR) is 117 cm³/mol. The van der Waals surface area contributed by atoms with Crippen molar-refractivity contribution in [2.24, 2.45) is 7.05 Å². The average molecular weight is 420 g/mol. The zero-order chi connectivity index (χ0) is 21.4. The van der Waals surface area contributed by atoms with Crippen LogP contribution < -0.4 is 15.8 Å². The molecule has 5 rings (SSSR count). The zero-order valence-electron chi connectivity index (χ0n) is 16.9. The molecule has 8 nitrogen and oxygen atoms in total. The Hall–Kier alpha value is -3.72. The van der Waals surface area contributed by atoms with E-state index in [2.05, 4.69) is 20.5 Å². The van der Waals surface area contributed by atoms with Crippen molar-refractivity contribution in [2.45, 2.75) is 0 Å². The van der Waals surface area contributed by atoms with Crippen molar-refractivity contribution in [3.63, 3.8) is 0 Å². The number of halogens is 1. The van der Waals surface area contributed by atoms with Crippen molar-refractivity contribution in [1.82, 2.24) is 19.7 Å². The highest BCUT2D eigenvalue weighted by molar-refractivity contribution is 5.83. The van der Waals surface area contributed by atoms with Gasteiger partial charge in [0.25, 0.3) is 5.56 Å². The van der Waals surface area contributed by atoms with E-state index in [1.165, 1.54) is 10.6 Å². The second kappa shape index (κ2) is 7.84. The number of hydrogen-bond acceptors (Lipinski definition) is 6. The fraction of sp³-hybridized carbons (Fsp3) is 0.227. The van der Waals surface area contributed by atoms with Crippen LogP contribution in [0.4, 0.5) is 21.6 Å². The van der Waals surface area contributed by atoms with Crippen LogP contribution in [-0.4, -0.2) is 46.1 Å². The predicted octanol–water partition coefficient (Wildman–Crippen LogP) is 3.04. The molecule has 158 valence electrons. The lowest BCUT2D eigenvalue weighted by Gasteiger charge is -2.29. The lowest BCUT2D eigenvalue weighted by molar-refractivity contribution is 0.122. The summed E-state index contributed by atoms with van der Waals surface area (Å²) in [6, 6.07) is 10.5. The zero-order valence-corrected chi connectivity index (χ0v) is 16.9. The van der Waals surface area contributed by atoms with Crippen LogP contribution in [0.5, 0.6) is 0 Å². The molecule has 2 aromatic carbocycles. The first-order valence-corrected chi connectivity index (χ1v) is 9.99. The molecule has 0 aliphatic carbocycles. The number of hydrogen-bond donors (Lipinski definition) is 2. The number of nitrogens with one attached hydrogen (secondary N) is 2. The molecule has 0 amide bonds. The third kappa shape index (κ3) is 3.64. The fourth-order valence-corrected chi connectivity index (χ4v) is 3.77. The summed E-state index contributed by atoms with van der Waals surface area (Å²) in [4.78, 5) is 19.3. The molecule has 1 fully saturated rings. The normalized spacial score (nSPS) is 14.2. The summed E-state index contributed by atoms with van der Waals surface area (Å²) in [5, 5.41) is 9.72. The maximum atomic E-state index is 14.7. The third-order valence-corrected chi connectivity index (χ3v) is 5.47. The quantitative estimate of drug-likeness (QED) is 0.528. The number of aromatic amines is 1. The summed E-state index contributed by atoms with van der Waals surface area (Å²) >= 11 is 0. The van der Waals surface area contributed by atoms with Gasteiger partial charge in [0.15, 0.2) is 5.82 Å². The minimum absolute atomic E-state index is 0.143. The highest BCUT2D eigenvalue weighted by Crippen LogP contribution is 2.26. The second-order valence-corrected chi connectivity index (χ2v) is 7.41. The monoisotopic (exact) mass is 420 g/mol. The Morgan fingerprint density at radius 3 is 2.71 bits per heavy atom. The topological polar surface area (TPSA) is 88.1 Å². The Labute approximate surface area is 177 Å². The van der Waals surface area contributed by atoms with Crippen molar-refractivity contribution in [3.8, 4) is 11.1 Å². The summed E-state index contributed by atoms with van der Waals surface area (Å²) in [6.07, 6.45) is 3.51. The van der Waals surface area contributed by atoms with E-state index in [1.807, 2.05) is 23.1 Å². The number of H-pyrrole nitrogens is 1. The van der Waals surface area contributed by atoms with Gasteiger partial charge in [0, 0.05) is 37.6 Å². The van der Waals surface area contributed by atoms with Crippen molar-refractivity contribution in [3.05, 3.63) is 65.0 Å². The number of aromatic nitrogens is 4. The molecular weight excluding hydrogens is 399 g/mol. The first kappa shape index (κ1) is 19.3. The summed E-state index contributed by atoms with van der Waals surface area (Å²) < 4.78 is 21.6. The summed E-state index contributed by atoms with van der Waals surface area (Å²) in [5.74, 6) is -0.209. The average Bonchev–Trinajstić information content (AvgIpc) is 3.33. The van der Waals surface area contributed by atoms with E-state index >= 15 is 0 Å². The number of morpholine rings is 1. The lowest BCUT2D eigenvalue weighted by Crippen LogP contribution is -2.36. The largest absolute Gasteiger partial charge is 0.378 e. The van der Waals surface area contributed by atoms with Gasteiger partial charge in [-0.25, -0.2) is 9.37 Å². The molecule has 2 N–H and O–H groups in total. The van der Waals surface area contributed by atoms with Crippen molar-refractivity contribution in [1.29, 1.82) is 0 Å². The molecule has 0 atom stereocenters. The molecule has 9 heteroatoms. The van der Waals surface area contributed by atoms with Crippen LogP contribution in [0.2, 0.25) is 0 Å². The maximum absolute atomic E-state index is 14.7. The van der Waals surface area contributed by atoms with Gasteiger partial charge in [0.2, 0.25) is 0 Å². The highest BCUT2D eigenvalue weighted by Gasteiger charge is 2.16. The van der Waals surface area contributed by atoms with Gasteiger partial charge >= 0.3 is 0 Å². The summed E-state index contributed by atoms with van der Waals surface area (Å²) in [6.45, 7) is 2.46. The standard InChI is InChI=1S/C22H21FN6O2/c1-28-20-10-14(15-12-24-25-13-15)2-4-18(20)27-21(22(28)30)26-16-3-5-19(17(23)11-16)29-6-8-31-9-7-29/h2-5,10-13H,6-9H2,1H3,(H,24,25)(H,26,27). The Bertz CT molecular complexity index is 1300. The van der Waals surface area contributed by atoms with E-state index in [-0.39, 0.29) is 17.2 Å². The van der Waals surface area contributed by atoms with Crippen molar-refractivity contribution >= 4 is 28.2 Å². The molecule has 1 saturated heterocycles. The first-order chi connectivity index (χ1) is 15.1. The van der Waals surface area contributed by atoms with E-state index in [9.17, 15) is 9.18 Å². The molecule has 0 radical (unpaired) electrons. The van der Waals surface area contributed by atoms with Gasteiger partial charge in [0.1, 0.15) is 5.82 Å². The number of rotatable bonds is 4. The van der Waals surface area contributed by atoms with Crippen LogP contribution in [0.1, 0.15) is 0 Å². The molecule has 4 aromatic rings. The van der Waals surface area contributed by atoms with Gasteiger partial charge < -0.3 is 19.5 Å². The van der Waals surface area contributed by atoms with Gasteiger partial charge in [0.05, 0.1) is 36.1 Å². The Morgan fingerprint density at radius 1 is 1.13 bits per heavy atom. The number of anilines is 3. The molecule has 31 heavy (non-hydrogen) atoms. The molecule has 0 unspecified atom stereocenters. The fourth-order valence-electron chi connectivity index (χ4n) is 3.77. The van der Waals surface area contributed by atoms with Crippen LogP contribution in [0, 0.1) is 5.82 Å². The Kier molecular flexibility index (Phi) is 4.87. The molecule has 0 saturated carbocycles. The van der Waals surface area contributed by atoms with E-state index < -0.39 is 0 Å². The molecular formula is C22H21FN6O2. The smallest absolute Gasteiger partial charge is 0.293 e. The van der Waals surface area contributed by atoms with E-state index in [4.69, 9.17) is 4.74 Å². The summed E-state index contributed by atoms with van der Waals surface area (Å²) in [7, 11) is 1.69. The van der Waals surface area contributed by atoms with Crippen molar-refractivity contribution < 1.29 is 9.13 Å². The van der Waals surface area contributed by atoms with E-state index in [0.29, 0.717) is 48.7 Å². The number of nitrogens with zero attached hydrogens (tertiary/aromatic N) is 4. The number of fused-ring (bicyclic) bond motifs is 1. The molecule has 1 aliphatic heterocycles. The van der Waals surface area contributed by atoms with Gasteiger partial charge in [-0.2, -0.15) is 5.10 Å². The number of benzene rings is 2. The molecule has 0 bridgehead atoms.